The molecule has 1 fully saturated rings. The molecule has 1 aliphatic rings. The maximum absolute atomic E-state index is 12.2. The van der Waals surface area contributed by atoms with Crippen LogP contribution in [0.2, 0.25) is 0 Å². The van der Waals surface area contributed by atoms with Gasteiger partial charge in [0.1, 0.15) is 4.21 Å². The minimum atomic E-state index is -3.62. The molecule has 1 aromatic rings. The number of hydrogen-bond acceptors (Lipinski definition) is 5. The molecule has 9 heteroatoms. The van der Waals surface area contributed by atoms with Crippen LogP contribution in [0.1, 0.15) is 31.1 Å². The van der Waals surface area contributed by atoms with Crippen molar-refractivity contribution in [2.75, 3.05) is 25.4 Å². The second-order valence-corrected chi connectivity index (χ2v) is 10.5. The summed E-state index contributed by atoms with van der Waals surface area (Å²) in [5.74, 6) is -0.196. The Balaban J connectivity index is 1.91. The molecule has 0 aromatic carbocycles. The molecule has 0 unspecified atom stereocenters. The van der Waals surface area contributed by atoms with Crippen molar-refractivity contribution in [2.45, 2.75) is 36.8 Å². The van der Waals surface area contributed by atoms with Crippen LogP contribution in [0.25, 0.3) is 0 Å². The number of hydrogen-bond donors (Lipinski definition) is 1. The number of nitrogens with one attached hydrogen (secondary N) is 1. The van der Waals surface area contributed by atoms with Crippen molar-refractivity contribution in [1.82, 2.24) is 9.03 Å². The third-order valence-electron chi connectivity index (χ3n) is 3.61. The van der Waals surface area contributed by atoms with Gasteiger partial charge in [-0.3, -0.25) is 0 Å². The van der Waals surface area contributed by atoms with Crippen LogP contribution in [0.4, 0.5) is 0 Å². The number of sulfonamides is 2. The molecule has 6 nitrogen and oxygen atoms in total. The molecular weight excluding hydrogens is 344 g/mol. The number of nitrogens with zero attached hydrogens (tertiary/aromatic N) is 1. The zero-order valence-corrected chi connectivity index (χ0v) is 15.1. The average Bonchev–Trinajstić information content (AvgIpc) is 2.97. The number of aryl methyl sites for hydroxylation is 1. The van der Waals surface area contributed by atoms with Gasteiger partial charge < -0.3 is 0 Å². The Morgan fingerprint density at radius 1 is 1.14 bits per heavy atom. The van der Waals surface area contributed by atoms with Crippen LogP contribution in [0.3, 0.4) is 0 Å². The van der Waals surface area contributed by atoms with Crippen LogP contribution < -0.4 is 4.72 Å². The molecule has 0 radical (unpaired) electrons. The normalized spacial score (nSPS) is 17.7. The van der Waals surface area contributed by atoms with Gasteiger partial charge in [0.05, 0.1) is 5.75 Å². The third kappa shape index (κ3) is 4.51. The van der Waals surface area contributed by atoms with E-state index < -0.39 is 20.0 Å². The van der Waals surface area contributed by atoms with E-state index in [1.165, 1.54) is 15.6 Å². The Hall–Kier alpha value is -0.480. The van der Waals surface area contributed by atoms with Gasteiger partial charge in [0, 0.05) is 24.5 Å². The van der Waals surface area contributed by atoms with E-state index in [1.54, 1.807) is 12.1 Å². The molecule has 1 saturated heterocycles. The second kappa shape index (κ2) is 7.39. The highest BCUT2D eigenvalue weighted by molar-refractivity contribution is 7.91. The lowest BCUT2D eigenvalue weighted by atomic mass is 10.2. The van der Waals surface area contributed by atoms with Gasteiger partial charge in [-0.25, -0.2) is 25.9 Å². The summed E-state index contributed by atoms with van der Waals surface area (Å²) in [6.07, 6.45) is 3.58. The van der Waals surface area contributed by atoms with Crippen LogP contribution >= 0.6 is 11.3 Å². The van der Waals surface area contributed by atoms with Crippen LogP contribution in [0.15, 0.2) is 16.3 Å². The first-order chi connectivity index (χ1) is 10.3. The topological polar surface area (TPSA) is 83.5 Å². The van der Waals surface area contributed by atoms with Gasteiger partial charge in [-0.1, -0.05) is 13.3 Å². The standard InChI is InChI=1S/C13H22N2O4S3/c1-2-12-6-7-13(20-12)22(18,19)14-8-11-21(16,17)15-9-4-3-5-10-15/h6-7,14H,2-5,8-11H2,1H3. The Labute approximate surface area is 136 Å². The van der Waals surface area contributed by atoms with Gasteiger partial charge in [-0.2, -0.15) is 0 Å². The molecule has 2 heterocycles. The zero-order valence-electron chi connectivity index (χ0n) is 12.6. The quantitative estimate of drug-likeness (QED) is 0.791. The SMILES string of the molecule is CCc1ccc(S(=O)(=O)NCCS(=O)(=O)N2CCCCC2)s1. The third-order valence-corrected chi connectivity index (χ3v) is 8.67. The molecule has 1 N–H and O–H groups in total. The molecule has 0 spiro atoms. The van der Waals surface area contributed by atoms with Crippen molar-refractivity contribution in [1.29, 1.82) is 0 Å². The molecule has 1 aromatic heterocycles. The first-order valence-electron chi connectivity index (χ1n) is 7.41. The predicted octanol–water partition coefficient (Wildman–Crippen LogP) is 1.40. The van der Waals surface area contributed by atoms with Crippen LogP contribution in [0.5, 0.6) is 0 Å². The van der Waals surface area contributed by atoms with E-state index in [9.17, 15) is 16.8 Å². The minimum absolute atomic E-state index is 0.0967. The fraction of sp³-hybridized carbons (Fsp3) is 0.692. The molecule has 2 rings (SSSR count). The van der Waals surface area contributed by atoms with Crippen molar-refractivity contribution in [2.24, 2.45) is 0 Å². The first-order valence-corrected chi connectivity index (χ1v) is 11.3. The van der Waals surface area contributed by atoms with Gasteiger partial charge in [0.25, 0.3) is 0 Å². The largest absolute Gasteiger partial charge is 0.250 e. The van der Waals surface area contributed by atoms with Gasteiger partial charge in [0.15, 0.2) is 0 Å². The van der Waals surface area contributed by atoms with E-state index in [4.69, 9.17) is 0 Å². The van der Waals surface area contributed by atoms with E-state index >= 15 is 0 Å². The molecule has 126 valence electrons. The monoisotopic (exact) mass is 366 g/mol. The van der Waals surface area contributed by atoms with E-state index in [2.05, 4.69) is 4.72 Å². The maximum Gasteiger partial charge on any atom is 0.250 e. The summed E-state index contributed by atoms with van der Waals surface area (Å²) in [4.78, 5) is 0.987. The number of piperidine rings is 1. The minimum Gasteiger partial charge on any atom is -0.212 e. The predicted molar refractivity (Wildman–Crippen MR) is 88.1 cm³/mol. The van der Waals surface area contributed by atoms with E-state index in [1.807, 2.05) is 6.92 Å². The van der Waals surface area contributed by atoms with Crippen molar-refractivity contribution in [3.63, 3.8) is 0 Å². The van der Waals surface area contributed by atoms with E-state index in [-0.39, 0.29) is 16.5 Å². The molecule has 22 heavy (non-hydrogen) atoms. The van der Waals surface area contributed by atoms with Gasteiger partial charge in [-0.05, 0) is 31.4 Å². The molecule has 0 bridgehead atoms. The Morgan fingerprint density at radius 2 is 1.82 bits per heavy atom. The van der Waals surface area contributed by atoms with Gasteiger partial charge in [0.2, 0.25) is 20.0 Å². The average molecular weight is 367 g/mol. The molecule has 0 amide bonds. The summed E-state index contributed by atoms with van der Waals surface area (Å²) in [7, 11) is -6.99. The molecule has 0 saturated carbocycles. The summed E-state index contributed by atoms with van der Waals surface area (Å²) in [6.45, 7) is 2.95. The summed E-state index contributed by atoms with van der Waals surface area (Å²) in [5, 5.41) is 0. The second-order valence-electron chi connectivity index (χ2n) is 5.25. The van der Waals surface area contributed by atoms with Crippen LogP contribution in [-0.2, 0) is 26.5 Å². The summed E-state index contributed by atoms with van der Waals surface area (Å²) < 4.78 is 52.6. The highest BCUT2D eigenvalue weighted by Crippen LogP contribution is 2.21. The summed E-state index contributed by atoms with van der Waals surface area (Å²) in [6, 6.07) is 3.34. The first kappa shape index (κ1) is 17.9. The lowest BCUT2D eigenvalue weighted by Gasteiger charge is -2.25. The maximum atomic E-state index is 12.2. The van der Waals surface area contributed by atoms with E-state index in [0.29, 0.717) is 13.1 Å². The smallest absolute Gasteiger partial charge is 0.212 e. The zero-order chi connectivity index (χ0) is 16.2. The fourth-order valence-electron chi connectivity index (χ4n) is 2.34. The fourth-order valence-corrected chi connectivity index (χ4v) is 6.27. The highest BCUT2D eigenvalue weighted by atomic mass is 32.2. The van der Waals surface area contributed by atoms with Crippen molar-refractivity contribution in [3.05, 3.63) is 17.0 Å². The Kier molecular flexibility index (Phi) is 6.00. The Bertz CT molecular complexity index is 689. The number of rotatable bonds is 7. The van der Waals surface area contributed by atoms with Crippen LogP contribution in [-0.4, -0.2) is 46.5 Å². The van der Waals surface area contributed by atoms with Gasteiger partial charge >= 0.3 is 0 Å². The summed E-state index contributed by atoms with van der Waals surface area (Å²) >= 11 is 1.22. The van der Waals surface area contributed by atoms with Gasteiger partial charge in [-0.15, -0.1) is 11.3 Å². The lowest BCUT2D eigenvalue weighted by Crippen LogP contribution is -2.40. The Morgan fingerprint density at radius 3 is 2.41 bits per heavy atom. The van der Waals surface area contributed by atoms with Crippen molar-refractivity contribution in [3.8, 4) is 0 Å². The van der Waals surface area contributed by atoms with Crippen LogP contribution in [0, 0.1) is 0 Å². The summed E-state index contributed by atoms with van der Waals surface area (Å²) in [5.41, 5.74) is 0. The highest BCUT2D eigenvalue weighted by Gasteiger charge is 2.24. The van der Waals surface area contributed by atoms with Crippen molar-refractivity contribution >= 4 is 31.4 Å². The molecular formula is C13H22N2O4S3. The molecule has 0 aliphatic carbocycles. The van der Waals surface area contributed by atoms with Crippen molar-refractivity contribution < 1.29 is 16.8 Å². The number of thiophene rings is 1. The molecule has 1 aliphatic heterocycles. The van der Waals surface area contributed by atoms with E-state index in [0.717, 1.165) is 30.6 Å². The lowest BCUT2D eigenvalue weighted by molar-refractivity contribution is 0.346. The molecule has 0 atom stereocenters.